The number of phenolic OH excluding ortho intramolecular Hbond substituents is 2. The van der Waals surface area contributed by atoms with Gasteiger partial charge in [-0.3, -0.25) is 0 Å². The van der Waals surface area contributed by atoms with Crippen molar-refractivity contribution in [3.63, 3.8) is 0 Å². The molecule has 0 fully saturated rings. The minimum atomic E-state index is -2.10. The molecule has 0 radical (unpaired) electrons. The standard InChI is InChI=1S/C58H74O12/c1-31(2)67-53(63)51-52(54(64)68-32(3)4)70-46(60)30-66-50-39-19-35-23-41(55(5,6)7)21-33(47(35)61)17-37-25-43(57(11,12)13)26-38(49(37)65-29-45(59)69-51)18-34-22-42(56(8,9)10)24-36(48(34)62)20-40(50)28-44(27-39)58(14,15)16/h21-28,31-32,51-52,61-62H,17-20,29-30H2,1-16H3/t51-,52?/m0/s1. The molecule has 0 saturated heterocycles. The van der Waals surface area contributed by atoms with Gasteiger partial charge in [-0.25, -0.2) is 19.2 Å². The second-order valence-electron chi connectivity index (χ2n) is 23.6. The molecule has 10 bridgehead atoms. The van der Waals surface area contributed by atoms with Gasteiger partial charge in [0.1, 0.15) is 23.0 Å². The Bertz CT molecular complexity index is 2380. The molecule has 0 amide bonds. The maximum absolute atomic E-state index is 14.2. The lowest BCUT2D eigenvalue weighted by molar-refractivity contribution is -0.195. The molecule has 7 rings (SSSR count). The molecule has 2 aliphatic heterocycles. The van der Waals surface area contributed by atoms with E-state index in [1.807, 2.05) is 48.5 Å². The van der Waals surface area contributed by atoms with Crippen LogP contribution in [0.5, 0.6) is 23.0 Å². The van der Waals surface area contributed by atoms with Gasteiger partial charge in [-0.05, 0) is 116 Å². The number of hydrogen-bond acceptors (Lipinski definition) is 12. The number of aromatic hydroxyl groups is 2. The summed E-state index contributed by atoms with van der Waals surface area (Å²) in [5.41, 5.74) is 7.33. The van der Waals surface area contributed by atoms with Crippen molar-refractivity contribution in [1.82, 2.24) is 0 Å². The third-order valence-electron chi connectivity index (χ3n) is 12.6. The van der Waals surface area contributed by atoms with E-state index >= 15 is 0 Å². The lowest BCUT2D eigenvalue weighted by Gasteiger charge is -2.28. The fraction of sp³-hybridized carbons (Fsp3) is 0.517. The van der Waals surface area contributed by atoms with Gasteiger partial charge in [-0.15, -0.1) is 0 Å². The fourth-order valence-electron chi connectivity index (χ4n) is 8.70. The maximum atomic E-state index is 14.2. The van der Waals surface area contributed by atoms with Crippen LogP contribution in [-0.4, -0.2) is 71.7 Å². The summed E-state index contributed by atoms with van der Waals surface area (Å²) < 4.78 is 35.7. The average Bonchev–Trinajstić information content (AvgIpc) is 3.21. The zero-order valence-corrected chi connectivity index (χ0v) is 44.1. The third-order valence-corrected chi connectivity index (χ3v) is 12.6. The number of rotatable bonds is 4. The van der Waals surface area contributed by atoms with E-state index in [4.69, 9.17) is 28.4 Å². The molecule has 0 saturated carbocycles. The smallest absolute Gasteiger partial charge is 0.352 e. The molecule has 4 aromatic rings. The van der Waals surface area contributed by atoms with Crippen LogP contribution in [0.2, 0.25) is 0 Å². The van der Waals surface area contributed by atoms with Crippen molar-refractivity contribution in [3.8, 4) is 23.0 Å². The second-order valence-corrected chi connectivity index (χ2v) is 23.6. The summed E-state index contributed by atoms with van der Waals surface area (Å²) in [5.74, 6) is -3.72. The molecule has 378 valence electrons. The summed E-state index contributed by atoms with van der Waals surface area (Å²) in [5, 5.41) is 25.1. The first-order valence-corrected chi connectivity index (χ1v) is 24.4. The van der Waals surface area contributed by atoms with Gasteiger partial charge in [-0.2, -0.15) is 0 Å². The van der Waals surface area contributed by atoms with Crippen molar-refractivity contribution < 1.29 is 57.8 Å². The minimum Gasteiger partial charge on any atom is -0.507 e. The predicted molar refractivity (Wildman–Crippen MR) is 268 cm³/mol. The van der Waals surface area contributed by atoms with Crippen molar-refractivity contribution in [1.29, 1.82) is 0 Å². The molecule has 2 N–H and O–H groups in total. The van der Waals surface area contributed by atoms with E-state index in [0.717, 1.165) is 22.3 Å². The minimum absolute atomic E-state index is 0.0647. The predicted octanol–water partition coefficient (Wildman–Crippen LogP) is 10.5. The quantitative estimate of drug-likeness (QED) is 0.0997. The highest BCUT2D eigenvalue weighted by Gasteiger charge is 2.44. The monoisotopic (exact) mass is 963 g/mol. The molecule has 4 aromatic carbocycles. The zero-order chi connectivity index (χ0) is 52.0. The molecule has 1 aliphatic carbocycles. The molecule has 2 atom stereocenters. The molecule has 12 heteroatoms. The van der Waals surface area contributed by atoms with Crippen LogP contribution >= 0.6 is 0 Å². The molecule has 2 heterocycles. The Morgan fingerprint density at radius 3 is 0.900 bits per heavy atom. The molecular weight excluding hydrogens is 889 g/mol. The summed E-state index contributed by atoms with van der Waals surface area (Å²) in [6.45, 7) is 30.0. The van der Waals surface area contributed by atoms with Gasteiger partial charge in [0.25, 0.3) is 0 Å². The van der Waals surface area contributed by atoms with Gasteiger partial charge in [0.2, 0.25) is 12.2 Å². The average molecular weight is 963 g/mol. The number of carbonyl (C=O) groups is 4. The van der Waals surface area contributed by atoms with E-state index in [1.165, 1.54) is 0 Å². The highest BCUT2D eigenvalue weighted by Crippen LogP contribution is 2.44. The molecule has 0 aromatic heterocycles. The van der Waals surface area contributed by atoms with Crippen molar-refractivity contribution in [2.24, 2.45) is 0 Å². The lowest BCUT2D eigenvalue weighted by atomic mass is 9.79. The number of hydrogen-bond donors (Lipinski definition) is 2. The normalized spacial score (nSPS) is 17.2. The van der Waals surface area contributed by atoms with Gasteiger partial charge < -0.3 is 38.6 Å². The fourth-order valence-corrected chi connectivity index (χ4v) is 8.70. The third kappa shape index (κ3) is 12.5. The van der Waals surface area contributed by atoms with E-state index in [2.05, 4.69) is 83.1 Å². The van der Waals surface area contributed by atoms with Crippen molar-refractivity contribution in [3.05, 3.63) is 115 Å². The van der Waals surface area contributed by atoms with Gasteiger partial charge in [0, 0.05) is 25.7 Å². The first-order chi connectivity index (χ1) is 32.3. The summed E-state index contributed by atoms with van der Waals surface area (Å²) in [7, 11) is 0. The zero-order valence-electron chi connectivity index (χ0n) is 44.1. The molecular formula is C58H74O12. The molecule has 12 nitrogen and oxygen atoms in total. The number of fused-ring (bicyclic) bond motifs is 9. The second kappa shape index (κ2) is 20.0. The Kier molecular flexibility index (Phi) is 15.2. The summed E-state index contributed by atoms with van der Waals surface area (Å²) in [6, 6.07) is 16.1. The largest absolute Gasteiger partial charge is 0.507 e. The lowest BCUT2D eigenvalue weighted by Crippen LogP contribution is -2.49. The number of esters is 4. The molecule has 3 aliphatic rings. The number of benzene rings is 4. The Labute approximate surface area is 414 Å². The van der Waals surface area contributed by atoms with E-state index in [9.17, 15) is 29.4 Å². The van der Waals surface area contributed by atoms with Crippen LogP contribution in [0.1, 0.15) is 178 Å². The number of carbonyl (C=O) groups excluding carboxylic acids is 4. The Balaban J connectivity index is 1.77. The van der Waals surface area contributed by atoms with Crippen molar-refractivity contribution in [2.75, 3.05) is 13.2 Å². The number of phenols is 2. The highest BCUT2D eigenvalue weighted by atomic mass is 16.7. The van der Waals surface area contributed by atoms with Crippen LogP contribution in [-0.2, 0) is 85.5 Å². The van der Waals surface area contributed by atoms with Gasteiger partial charge in [0.15, 0.2) is 13.2 Å². The summed E-state index contributed by atoms with van der Waals surface area (Å²) in [6.07, 6.45) is -4.97. The Morgan fingerprint density at radius 2 is 0.686 bits per heavy atom. The van der Waals surface area contributed by atoms with Crippen LogP contribution in [0.4, 0.5) is 0 Å². The van der Waals surface area contributed by atoms with Crippen LogP contribution in [0.15, 0.2) is 48.5 Å². The maximum Gasteiger partial charge on any atom is 0.352 e. The summed E-state index contributed by atoms with van der Waals surface area (Å²) in [4.78, 5) is 56.1. The number of ether oxygens (including phenoxy) is 6. The van der Waals surface area contributed by atoms with E-state index < -0.39 is 61.5 Å². The van der Waals surface area contributed by atoms with Gasteiger partial charge in [0.05, 0.1) is 12.2 Å². The van der Waals surface area contributed by atoms with E-state index in [-0.39, 0.29) is 58.8 Å². The SMILES string of the molecule is CC(C)OC(=O)C1OC(=O)COc2c3cc(C(C)(C)C)cc2Cc2cc(C(C)(C)C)cc(c2O)Cc2cc(C(C)(C)C)cc(c2OCC(=O)O[C@@H]1C(=O)OC(C)C)Cc1cc(C(C)(C)C)cc(c1O)C3. The summed E-state index contributed by atoms with van der Waals surface area (Å²) >= 11 is 0. The van der Waals surface area contributed by atoms with Gasteiger partial charge >= 0.3 is 23.9 Å². The van der Waals surface area contributed by atoms with Crippen LogP contribution < -0.4 is 9.47 Å². The van der Waals surface area contributed by atoms with Crippen LogP contribution in [0, 0.1) is 0 Å². The van der Waals surface area contributed by atoms with Crippen LogP contribution in [0.25, 0.3) is 0 Å². The Morgan fingerprint density at radius 1 is 0.457 bits per heavy atom. The van der Waals surface area contributed by atoms with Crippen LogP contribution in [0.3, 0.4) is 0 Å². The van der Waals surface area contributed by atoms with Crippen molar-refractivity contribution >= 4 is 23.9 Å². The highest BCUT2D eigenvalue weighted by molar-refractivity contribution is 5.90. The first kappa shape index (κ1) is 53.3. The van der Waals surface area contributed by atoms with Gasteiger partial charge in [-0.1, -0.05) is 132 Å². The molecule has 0 spiro atoms. The first-order valence-electron chi connectivity index (χ1n) is 24.4. The molecule has 1 unspecified atom stereocenters. The topological polar surface area (TPSA) is 164 Å². The van der Waals surface area contributed by atoms with E-state index in [0.29, 0.717) is 56.0 Å². The van der Waals surface area contributed by atoms with E-state index in [1.54, 1.807) is 27.7 Å². The van der Waals surface area contributed by atoms with Crippen molar-refractivity contribution in [2.45, 2.75) is 183 Å². The Hall–Kier alpha value is -6.04. The molecule has 70 heavy (non-hydrogen) atoms.